The lowest BCUT2D eigenvalue weighted by molar-refractivity contribution is -0.201. The van der Waals surface area contributed by atoms with Crippen molar-refractivity contribution in [3.8, 4) is 11.1 Å². The lowest BCUT2D eigenvalue weighted by atomic mass is 10.0. The van der Waals surface area contributed by atoms with Crippen LogP contribution in [-0.2, 0) is 42.1 Å². The SMILES string of the molecule is COCc1ccc(-c2ccc3c(=O)n(CC[C@](C)(C(=O)NOC4CCCCO4)S(C)(=O)=O)cnc3c2)cc1. The average molecular weight is 544 g/mol. The number of carbonyl (C=O) groups is 1. The largest absolute Gasteiger partial charge is 0.380 e. The number of fused-ring (bicyclic) bond motifs is 1. The summed E-state index contributed by atoms with van der Waals surface area (Å²) in [5.41, 5.74) is 5.41. The molecule has 3 aromatic rings. The monoisotopic (exact) mass is 543 g/mol. The summed E-state index contributed by atoms with van der Waals surface area (Å²) in [6.07, 6.45) is 4.02. The van der Waals surface area contributed by atoms with E-state index in [2.05, 4.69) is 10.5 Å². The van der Waals surface area contributed by atoms with Crippen LogP contribution in [0.5, 0.6) is 0 Å². The van der Waals surface area contributed by atoms with E-state index in [1.807, 2.05) is 36.4 Å². The molecule has 0 bridgehead atoms. The molecule has 1 unspecified atom stereocenters. The van der Waals surface area contributed by atoms with Crippen molar-refractivity contribution in [3.05, 3.63) is 64.7 Å². The Morgan fingerprint density at radius 3 is 2.58 bits per heavy atom. The Bertz CT molecular complexity index is 1450. The second kappa shape index (κ2) is 11.7. The number of hydrogen-bond acceptors (Lipinski definition) is 8. The van der Waals surface area contributed by atoms with E-state index >= 15 is 0 Å². The maximum Gasteiger partial charge on any atom is 0.264 e. The highest BCUT2D eigenvalue weighted by Crippen LogP contribution is 2.25. The smallest absolute Gasteiger partial charge is 0.264 e. The minimum Gasteiger partial charge on any atom is -0.380 e. The van der Waals surface area contributed by atoms with E-state index in [1.54, 1.807) is 13.2 Å². The van der Waals surface area contributed by atoms with E-state index in [-0.39, 0.29) is 18.5 Å². The van der Waals surface area contributed by atoms with Crippen molar-refractivity contribution in [3.63, 3.8) is 0 Å². The van der Waals surface area contributed by atoms with Crippen LogP contribution >= 0.6 is 0 Å². The quantitative estimate of drug-likeness (QED) is 0.387. The van der Waals surface area contributed by atoms with E-state index in [0.717, 1.165) is 35.8 Å². The van der Waals surface area contributed by atoms with Crippen LogP contribution in [0.15, 0.2) is 53.6 Å². The second-order valence-electron chi connectivity index (χ2n) is 9.70. The Morgan fingerprint density at radius 1 is 1.18 bits per heavy atom. The van der Waals surface area contributed by atoms with Crippen LogP contribution in [0.3, 0.4) is 0 Å². The fourth-order valence-corrected chi connectivity index (χ4v) is 5.13. The zero-order chi connectivity index (χ0) is 27.3. The molecule has 1 saturated heterocycles. The van der Waals surface area contributed by atoms with Gasteiger partial charge in [-0.05, 0) is 55.0 Å². The maximum atomic E-state index is 13.2. The Balaban J connectivity index is 1.51. The van der Waals surface area contributed by atoms with Gasteiger partial charge in [0.1, 0.15) is 0 Å². The zero-order valence-electron chi connectivity index (χ0n) is 21.8. The first-order chi connectivity index (χ1) is 18.1. The number of benzene rings is 2. The molecule has 0 aliphatic carbocycles. The predicted octanol–water partition coefficient (Wildman–Crippen LogP) is 2.98. The minimum atomic E-state index is -3.86. The summed E-state index contributed by atoms with van der Waals surface area (Å²) >= 11 is 0. The molecule has 1 fully saturated rings. The van der Waals surface area contributed by atoms with Gasteiger partial charge in [0.05, 0.1) is 23.8 Å². The number of nitrogens with zero attached hydrogens (tertiary/aromatic N) is 2. The van der Waals surface area contributed by atoms with Gasteiger partial charge in [-0.25, -0.2) is 23.7 Å². The number of hydrogen-bond donors (Lipinski definition) is 1. The molecule has 1 amide bonds. The van der Waals surface area contributed by atoms with Crippen LogP contribution in [0.1, 0.15) is 38.2 Å². The maximum absolute atomic E-state index is 13.2. The lowest BCUT2D eigenvalue weighted by Gasteiger charge is -2.28. The van der Waals surface area contributed by atoms with E-state index in [1.165, 1.54) is 17.8 Å². The minimum absolute atomic E-state index is 0.0264. The van der Waals surface area contributed by atoms with Crippen molar-refractivity contribution in [2.45, 2.75) is 56.8 Å². The second-order valence-corrected chi connectivity index (χ2v) is 12.1. The third-order valence-corrected chi connectivity index (χ3v) is 9.00. The summed E-state index contributed by atoms with van der Waals surface area (Å²) < 4.78 is 35.3. The van der Waals surface area contributed by atoms with E-state index in [9.17, 15) is 18.0 Å². The number of ether oxygens (including phenoxy) is 2. The van der Waals surface area contributed by atoms with Crippen molar-refractivity contribution < 1.29 is 27.5 Å². The molecule has 0 spiro atoms. The van der Waals surface area contributed by atoms with E-state index in [0.29, 0.717) is 30.5 Å². The summed E-state index contributed by atoms with van der Waals surface area (Å²) in [6, 6.07) is 13.3. The Morgan fingerprint density at radius 2 is 1.92 bits per heavy atom. The van der Waals surface area contributed by atoms with E-state index in [4.69, 9.17) is 14.3 Å². The summed E-state index contributed by atoms with van der Waals surface area (Å²) in [6.45, 7) is 2.35. The molecule has 204 valence electrons. The standard InChI is InChI=1S/C27H33N3O7S/c1-27(38(3,33)34,26(32)29-37-24-6-4-5-15-36-24)13-14-30-18-28-23-16-21(11-12-22(23)25(30)31)20-9-7-19(8-10-20)17-35-2/h7-12,16,18,24H,4-6,13-15,17H2,1-3H3,(H,29,32)/t24?,27-/m1/s1. The van der Waals surface area contributed by atoms with Crippen LogP contribution in [0, 0.1) is 0 Å². The van der Waals surface area contributed by atoms with Gasteiger partial charge in [-0.2, -0.15) is 0 Å². The number of carbonyl (C=O) groups excluding carboxylic acids is 1. The van der Waals surface area contributed by atoms with Gasteiger partial charge in [0.15, 0.2) is 20.9 Å². The molecular formula is C27H33N3O7S. The first-order valence-corrected chi connectivity index (χ1v) is 14.4. The highest BCUT2D eigenvalue weighted by molar-refractivity contribution is 7.92. The van der Waals surface area contributed by atoms with Crippen LogP contribution in [0.2, 0.25) is 0 Å². The van der Waals surface area contributed by atoms with Crippen LogP contribution in [0.4, 0.5) is 0 Å². The Hall–Kier alpha value is -3.12. The molecule has 38 heavy (non-hydrogen) atoms. The molecule has 0 radical (unpaired) electrons. The summed E-state index contributed by atoms with van der Waals surface area (Å²) in [7, 11) is -2.21. The molecule has 1 N–H and O–H groups in total. The number of amides is 1. The normalized spacial score (nSPS) is 17.7. The molecule has 1 aliphatic rings. The van der Waals surface area contributed by atoms with Crippen molar-refractivity contribution in [2.24, 2.45) is 0 Å². The lowest BCUT2D eigenvalue weighted by Crippen LogP contribution is -2.51. The number of sulfone groups is 1. The molecule has 1 aliphatic heterocycles. The van der Waals surface area contributed by atoms with Gasteiger partial charge in [0.2, 0.25) is 0 Å². The number of aromatic nitrogens is 2. The molecule has 2 heterocycles. The fourth-order valence-electron chi connectivity index (χ4n) is 4.29. The van der Waals surface area contributed by atoms with Crippen molar-refractivity contribution in [1.29, 1.82) is 0 Å². The number of aryl methyl sites for hydroxylation is 1. The summed E-state index contributed by atoms with van der Waals surface area (Å²) in [5, 5.41) is 0.399. The Kier molecular flexibility index (Phi) is 8.61. The van der Waals surface area contributed by atoms with Crippen molar-refractivity contribution >= 4 is 26.6 Å². The highest BCUT2D eigenvalue weighted by Gasteiger charge is 2.44. The molecule has 10 nitrogen and oxygen atoms in total. The van der Waals surface area contributed by atoms with Gasteiger partial charge < -0.3 is 9.47 Å². The molecule has 11 heteroatoms. The van der Waals surface area contributed by atoms with Crippen LogP contribution in [0.25, 0.3) is 22.0 Å². The van der Waals surface area contributed by atoms with Gasteiger partial charge in [-0.1, -0.05) is 30.3 Å². The van der Waals surface area contributed by atoms with E-state index < -0.39 is 26.8 Å². The first kappa shape index (κ1) is 27.9. The predicted molar refractivity (Wildman–Crippen MR) is 143 cm³/mol. The number of methoxy groups -OCH3 is 1. The van der Waals surface area contributed by atoms with Gasteiger partial charge in [-0.3, -0.25) is 14.2 Å². The summed E-state index contributed by atoms with van der Waals surface area (Å²) in [5.74, 6) is -0.808. The number of rotatable bonds is 10. The van der Waals surface area contributed by atoms with Crippen molar-refractivity contribution in [1.82, 2.24) is 15.0 Å². The van der Waals surface area contributed by atoms with Gasteiger partial charge in [0, 0.05) is 32.9 Å². The fraction of sp³-hybridized carbons (Fsp3) is 0.444. The summed E-state index contributed by atoms with van der Waals surface area (Å²) in [4.78, 5) is 35.8. The third-order valence-electron chi connectivity index (χ3n) is 6.97. The van der Waals surface area contributed by atoms with Crippen LogP contribution < -0.4 is 11.0 Å². The molecular weight excluding hydrogens is 510 g/mol. The topological polar surface area (TPSA) is 126 Å². The van der Waals surface area contributed by atoms with Gasteiger partial charge >= 0.3 is 0 Å². The van der Waals surface area contributed by atoms with Crippen molar-refractivity contribution in [2.75, 3.05) is 20.0 Å². The van der Waals surface area contributed by atoms with Crippen LogP contribution in [-0.4, -0.2) is 54.9 Å². The zero-order valence-corrected chi connectivity index (χ0v) is 22.6. The molecule has 1 aromatic heterocycles. The molecule has 0 saturated carbocycles. The number of nitrogens with one attached hydrogen (secondary N) is 1. The molecule has 2 atom stereocenters. The van der Waals surface area contributed by atoms with Gasteiger partial charge in [0.25, 0.3) is 11.5 Å². The molecule has 4 rings (SSSR count). The van der Waals surface area contributed by atoms with Gasteiger partial charge in [-0.15, -0.1) is 0 Å². The Labute approximate surface area is 221 Å². The highest BCUT2D eigenvalue weighted by atomic mass is 32.2. The molecule has 2 aromatic carbocycles. The third kappa shape index (κ3) is 6.12. The number of hydroxylamine groups is 1. The average Bonchev–Trinajstić information content (AvgIpc) is 2.91. The first-order valence-electron chi connectivity index (χ1n) is 12.5.